The van der Waals surface area contributed by atoms with Gasteiger partial charge in [-0.1, -0.05) is 33.7 Å². The average Bonchev–Trinajstić information content (AvgIpc) is 3.06. The van der Waals surface area contributed by atoms with Crippen LogP contribution in [0.4, 0.5) is 0 Å². The highest BCUT2D eigenvalue weighted by atomic mass is 33.1. The quantitative estimate of drug-likeness (QED) is 0.314. The van der Waals surface area contributed by atoms with Crippen LogP contribution in [0.1, 0.15) is 0 Å². The first-order chi connectivity index (χ1) is 10.7. The minimum atomic E-state index is 0.800. The van der Waals surface area contributed by atoms with Crippen LogP contribution in [0.2, 0.25) is 0 Å². The summed E-state index contributed by atoms with van der Waals surface area (Å²) in [5.41, 5.74) is 2.05. The molecule has 4 aromatic rings. The first-order valence-electron chi connectivity index (χ1n) is 6.22. The lowest BCUT2D eigenvalue weighted by molar-refractivity contribution is 1.28. The van der Waals surface area contributed by atoms with Gasteiger partial charge in [0.1, 0.15) is 8.68 Å². The van der Waals surface area contributed by atoms with Crippen molar-refractivity contribution in [3.05, 3.63) is 36.4 Å². The molecule has 8 heteroatoms. The van der Waals surface area contributed by atoms with Crippen LogP contribution in [0.5, 0.6) is 0 Å². The van der Waals surface area contributed by atoms with Crippen LogP contribution in [0.25, 0.3) is 20.4 Å². The highest BCUT2D eigenvalue weighted by Gasteiger charge is 2.11. The van der Waals surface area contributed by atoms with Gasteiger partial charge in [-0.05, 0) is 24.3 Å². The predicted molar refractivity (Wildman–Crippen MR) is 105 cm³/mol. The van der Waals surface area contributed by atoms with Gasteiger partial charge < -0.3 is 0 Å². The summed E-state index contributed by atoms with van der Waals surface area (Å²) < 4.78 is 3.93. The Bertz CT molecular complexity index is 894. The highest BCUT2D eigenvalue weighted by molar-refractivity contribution is 8.76. The summed E-state index contributed by atoms with van der Waals surface area (Å²) in [4.78, 5) is 11.3. The molecule has 2 aromatic carbocycles. The van der Waals surface area contributed by atoms with Gasteiger partial charge in [0.2, 0.25) is 0 Å². The molecule has 2 aromatic heterocycles. The Labute approximate surface area is 154 Å². The van der Waals surface area contributed by atoms with Crippen LogP contribution < -0.4 is 0 Å². The number of fused-ring (bicyclic) bond motifs is 2. The van der Waals surface area contributed by atoms with E-state index < -0.39 is 0 Å². The van der Waals surface area contributed by atoms with Crippen LogP contribution in [0.15, 0.2) is 54.9 Å². The van der Waals surface area contributed by atoms with Gasteiger partial charge in [-0.15, -0.1) is 47.9 Å². The number of aromatic nitrogens is 2. The zero-order chi connectivity index (χ0) is 15.1. The van der Waals surface area contributed by atoms with E-state index in [4.69, 9.17) is 0 Å². The van der Waals surface area contributed by atoms with E-state index in [0.29, 0.717) is 0 Å². The van der Waals surface area contributed by atoms with Crippen molar-refractivity contribution in [1.29, 1.82) is 0 Å². The number of thiazole rings is 2. The summed E-state index contributed by atoms with van der Waals surface area (Å²) >= 11 is 11.9. The fraction of sp³-hybridized carbons (Fsp3) is 0. The number of benzene rings is 2. The molecular formula is C14H8N2S6. The van der Waals surface area contributed by atoms with Gasteiger partial charge in [0.25, 0.3) is 0 Å². The van der Waals surface area contributed by atoms with Crippen LogP contribution in [0.3, 0.4) is 0 Å². The Hall–Kier alpha value is -0.380. The van der Waals surface area contributed by atoms with Gasteiger partial charge in [-0.25, -0.2) is 9.97 Å². The molecule has 0 amide bonds. The topological polar surface area (TPSA) is 25.8 Å². The zero-order valence-electron chi connectivity index (χ0n) is 10.9. The van der Waals surface area contributed by atoms with Crippen LogP contribution in [0, 0.1) is 0 Å². The fourth-order valence-corrected chi connectivity index (χ4v) is 6.69. The van der Waals surface area contributed by atoms with Crippen molar-refractivity contribution in [2.24, 2.45) is 0 Å². The van der Waals surface area contributed by atoms with Gasteiger partial charge in [-0.2, -0.15) is 0 Å². The molecule has 0 unspecified atom stereocenters. The lowest BCUT2D eigenvalue weighted by atomic mass is 10.3. The molecule has 0 N–H and O–H groups in total. The van der Waals surface area contributed by atoms with Crippen LogP contribution in [-0.2, 0) is 0 Å². The SMILES string of the molecule is Sc1nc2c(SSc3cccc4sc(S)nc34)cccc2s1. The summed E-state index contributed by atoms with van der Waals surface area (Å²) in [5.74, 6) is 0. The molecule has 0 spiro atoms. The molecule has 4 rings (SSSR count). The van der Waals surface area contributed by atoms with Crippen molar-refractivity contribution in [3.63, 3.8) is 0 Å². The number of thiol groups is 2. The van der Waals surface area contributed by atoms with Crippen LogP contribution in [-0.4, -0.2) is 9.97 Å². The molecule has 0 atom stereocenters. The molecule has 22 heavy (non-hydrogen) atoms. The standard InChI is InChI=1S/C14H8N2S6/c17-13-15-11-7(19-13)3-1-5-9(11)21-22-10-6-2-4-8-12(10)16-14(18)20-8/h1-6H,(H,15,17)(H,16,18). The number of rotatable bonds is 3. The summed E-state index contributed by atoms with van der Waals surface area (Å²) in [6, 6.07) is 12.5. The zero-order valence-corrected chi connectivity index (χ0v) is 15.9. The minimum absolute atomic E-state index is 0.800. The second-order valence-corrected chi connectivity index (χ2v) is 10.1. The molecule has 0 radical (unpaired) electrons. The number of hydrogen-bond acceptors (Lipinski definition) is 8. The number of nitrogens with zero attached hydrogens (tertiary/aromatic N) is 2. The second-order valence-electron chi connectivity index (χ2n) is 4.37. The Morgan fingerprint density at radius 2 is 1.18 bits per heavy atom. The smallest absolute Gasteiger partial charge is 0.148 e. The summed E-state index contributed by atoms with van der Waals surface area (Å²) in [7, 11) is 3.41. The molecule has 110 valence electrons. The maximum absolute atomic E-state index is 4.51. The second kappa shape index (κ2) is 6.26. The summed E-state index contributed by atoms with van der Waals surface area (Å²) in [6.07, 6.45) is 0. The van der Waals surface area contributed by atoms with E-state index in [2.05, 4.69) is 71.6 Å². The van der Waals surface area contributed by atoms with Gasteiger partial charge in [0, 0.05) is 9.79 Å². The highest BCUT2D eigenvalue weighted by Crippen LogP contribution is 2.44. The third-order valence-electron chi connectivity index (χ3n) is 2.96. The molecule has 2 nitrogen and oxygen atoms in total. The monoisotopic (exact) mass is 396 g/mol. The normalized spacial score (nSPS) is 11.5. The Morgan fingerprint density at radius 1 is 0.727 bits per heavy atom. The Balaban J connectivity index is 1.68. The van der Waals surface area contributed by atoms with Crippen molar-refractivity contribution in [2.45, 2.75) is 18.5 Å². The van der Waals surface area contributed by atoms with E-state index in [9.17, 15) is 0 Å². The lowest BCUT2D eigenvalue weighted by Crippen LogP contribution is -1.76. The van der Waals surface area contributed by atoms with Crippen molar-refractivity contribution in [2.75, 3.05) is 0 Å². The van der Waals surface area contributed by atoms with Crippen molar-refractivity contribution in [1.82, 2.24) is 9.97 Å². The molecule has 0 bridgehead atoms. The Morgan fingerprint density at radius 3 is 1.64 bits per heavy atom. The predicted octanol–water partition coefficient (Wildman–Crippen LogP) is 6.28. The average molecular weight is 397 g/mol. The maximum atomic E-state index is 4.51. The molecule has 2 heterocycles. The molecule has 0 saturated carbocycles. The molecule has 0 fully saturated rings. The Kier molecular flexibility index (Phi) is 4.31. The van der Waals surface area contributed by atoms with Crippen LogP contribution >= 0.6 is 69.5 Å². The van der Waals surface area contributed by atoms with E-state index in [0.717, 1.165) is 29.5 Å². The third-order valence-corrected chi connectivity index (χ3v) is 7.79. The maximum Gasteiger partial charge on any atom is 0.148 e. The summed E-state index contributed by atoms with van der Waals surface area (Å²) in [5, 5.41) is 0. The number of para-hydroxylation sites is 2. The van der Waals surface area contributed by atoms with Gasteiger partial charge >= 0.3 is 0 Å². The lowest BCUT2D eigenvalue weighted by Gasteiger charge is -2.03. The van der Waals surface area contributed by atoms with Crippen molar-refractivity contribution >= 4 is 90.0 Å². The molecule has 0 aliphatic rings. The van der Waals surface area contributed by atoms with Gasteiger partial charge in [0.05, 0.1) is 20.4 Å². The minimum Gasteiger partial charge on any atom is -0.229 e. The van der Waals surface area contributed by atoms with Gasteiger partial charge in [0.15, 0.2) is 0 Å². The molecule has 0 aliphatic carbocycles. The largest absolute Gasteiger partial charge is 0.229 e. The fourth-order valence-electron chi connectivity index (χ4n) is 2.05. The third kappa shape index (κ3) is 2.88. The van der Waals surface area contributed by atoms with Crippen molar-refractivity contribution in [3.8, 4) is 0 Å². The van der Waals surface area contributed by atoms with E-state index in [1.165, 1.54) is 9.40 Å². The number of hydrogen-bond donors (Lipinski definition) is 2. The van der Waals surface area contributed by atoms with E-state index in [1.807, 2.05) is 0 Å². The van der Waals surface area contributed by atoms with E-state index >= 15 is 0 Å². The van der Waals surface area contributed by atoms with Crippen molar-refractivity contribution < 1.29 is 0 Å². The molecule has 0 aliphatic heterocycles. The van der Waals surface area contributed by atoms with Gasteiger partial charge in [-0.3, -0.25) is 0 Å². The molecule has 0 saturated heterocycles. The van der Waals surface area contributed by atoms with E-state index in [-0.39, 0.29) is 0 Å². The first-order valence-corrected chi connectivity index (χ1v) is 10.9. The van der Waals surface area contributed by atoms with E-state index in [1.54, 1.807) is 44.3 Å². The first kappa shape index (κ1) is 15.2. The molecular weight excluding hydrogens is 389 g/mol. The summed E-state index contributed by atoms with van der Waals surface area (Å²) in [6.45, 7) is 0.